The number of fused-ring (bicyclic) bond motifs is 1. The lowest BCUT2D eigenvalue weighted by Gasteiger charge is -2.19. The number of nitrogens with zero attached hydrogens (tertiary/aromatic N) is 5. The molecule has 2 N–H and O–H groups in total. The summed E-state index contributed by atoms with van der Waals surface area (Å²) in [5, 5.41) is 0.706. The number of carbonyl (C=O) groups excluding carboxylic acids is 4. The molecular weight excluding hydrogens is 548 g/mol. The number of imide groups is 1. The Kier molecular flexibility index (Phi) is 12.3. The summed E-state index contributed by atoms with van der Waals surface area (Å²) in [6, 6.07) is 6.48. The molecule has 0 radical (unpaired) electrons. The molecule has 3 aromatic rings. The third kappa shape index (κ3) is 9.61. The van der Waals surface area contributed by atoms with Gasteiger partial charge in [-0.25, -0.2) is 34.6 Å². The minimum atomic E-state index is -0.627. The summed E-state index contributed by atoms with van der Waals surface area (Å²) in [6.07, 6.45) is 4.54. The van der Waals surface area contributed by atoms with E-state index in [9.17, 15) is 19.2 Å². The third-order valence-corrected chi connectivity index (χ3v) is 4.81. The summed E-state index contributed by atoms with van der Waals surface area (Å²) < 4.78 is 12.8. The van der Waals surface area contributed by atoms with Crippen molar-refractivity contribution in [1.82, 2.24) is 24.2 Å². The van der Waals surface area contributed by atoms with Crippen LogP contribution in [-0.4, -0.2) is 59.4 Å². The van der Waals surface area contributed by atoms with Crippen molar-refractivity contribution in [2.24, 2.45) is 5.90 Å². The van der Waals surface area contributed by atoms with Crippen molar-refractivity contribution in [1.29, 1.82) is 0 Å². The number of hydrogen-bond donors (Lipinski definition) is 1. The number of aromatic nitrogens is 4. The second kappa shape index (κ2) is 14.5. The molecule has 0 aliphatic carbocycles. The highest BCUT2D eigenvalue weighted by Gasteiger charge is 2.36. The summed E-state index contributed by atoms with van der Waals surface area (Å²) >= 11 is 0. The van der Waals surface area contributed by atoms with Gasteiger partial charge in [0.1, 0.15) is 37.1 Å². The van der Waals surface area contributed by atoms with Crippen LogP contribution in [-0.2, 0) is 32.4 Å². The molecule has 0 saturated carbocycles. The van der Waals surface area contributed by atoms with Crippen LogP contribution in [0.4, 0.5) is 9.59 Å². The Morgan fingerprint density at radius 1 is 0.762 bits per heavy atom. The van der Waals surface area contributed by atoms with Crippen LogP contribution in [0.5, 0.6) is 0 Å². The van der Waals surface area contributed by atoms with Gasteiger partial charge in [0.05, 0.1) is 22.5 Å². The van der Waals surface area contributed by atoms with E-state index in [0.717, 1.165) is 0 Å². The lowest BCUT2D eigenvalue weighted by molar-refractivity contribution is -0.101. The maximum absolute atomic E-state index is 12.2. The van der Waals surface area contributed by atoms with Crippen LogP contribution < -0.4 is 5.90 Å². The lowest BCUT2D eigenvalue weighted by atomic mass is 10.1. The highest BCUT2D eigenvalue weighted by Crippen LogP contribution is 2.23. The van der Waals surface area contributed by atoms with E-state index in [2.05, 4.69) is 14.8 Å². The molecule has 1 aliphatic rings. The maximum Gasteiger partial charge on any atom is 0.419 e. The number of rotatable bonds is 5. The molecule has 0 atom stereocenters. The fourth-order valence-electron chi connectivity index (χ4n) is 3.21. The van der Waals surface area contributed by atoms with Crippen molar-refractivity contribution in [3.63, 3.8) is 0 Å². The fourth-order valence-corrected chi connectivity index (χ4v) is 3.21. The molecule has 0 unspecified atom stereocenters. The number of imidazole rings is 2. The van der Waals surface area contributed by atoms with Crippen LogP contribution in [0.15, 0.2) is 49.3 Å². The molecule has 42 heavy (non-hydrogen) atoms. The Morgan fingerprint density at radius 3 is 1.55 bits per heavy atom. The van der Waals surface area contributed by atoms with E-state index in [1.54, 1.807) is 65.8 Å². The molecule has 0 spiro atoms. The van der Waals surface area contributed by atoms with Crippen LogP contribution in [0.1, 0.15) is 88.5 Å². The zero-order chi connectivity index (χ0) is 29.7. The van der Waals surface area contributed by atoms with Crippen molar-refractivity contribution in [2.75, 3.05) is 0 Å². The molecule has 2 aromatic heterocycles. The highest BCUT2D eigenvalue weighted by molar-refractivity contribution is 6.20. The Bertz CT molecular complexity index is 1350. The minimum absolute atomic E-state index is 0. The number of nitrogens with two attached hydrogens (primary N) is 1. The summed E-state index contributed by atoms with van der Waals surface area (Å²) in [5.74, 6) is 3.84. The molecule has 0 fully saturated rings. The van der Waals surface area contributed by atoms with Crippen molar-refractivity contribution < 1.29 is 38.3 Å². The Morgan fingerprint density at radius 2 is 1.17 bits per heavy atom. The first kappa shape index (κ1) is 35.6. The number of hydroxylamine groups is 2. The van der Waals surface area contributed by atoms with E-state index in [0.29, 0.717) is 27.6 Å². The first-order valence-electron chi connectivity index (χ1n) is 12.1. The van der Waals surface area contributed by atoms with Gasteiger partial charge in [0, 0.05) is 12.4 Å². The largest absolute Gasteiger partial charge is 0.443 e. The Labute approximate surface area is 245 Å². The van der Waals surface area contributed by atoms with Gasteiger partial charge < -0.3 is 9.47 Å². The Balaban J connectivity index is 0.000000450. The number of benzene rings is 1. The average Bonchev–Trinajstić information content (AvgIpc) is 3.57. The van der Waals surface area contributed by atoms with Gasteiger partial charge in [0.2, 0.25) is 0 Å². The van der Waals surface area contributed by atoms with Gasteiger partial charge in [-0.05, 0) is 53.7 Å². The normalized spacial score (nSPS) is 12.4. The van der Waals surface area contributed by atoms with Crippen LogP contribution in [0, 0.1) is 0 Å². The molecular formula is C28H40N6O8. The van der Waals surface area contributed by atoms with Gasteiger partial charge in [-0.3, -0.25) is 19.3 Å². The van der Waals surface area contributed by atoms with Crippen LogP contribution in [0.3, 0.4) is 0 Å². The van der Waals surface area contributed by atoms with Crippen LogP contribution >= 0.6 is 0 Å². The number of ether oxygens (including phenoxy) is 2. The zero-order valence-corrected chi connectivity index (χ0v) is 23.1. The maximum atomic E-state index is 12.2. The van der Waals surface area contributed by atoms with Gasteiger partial charge in [-0.15, -0.1) is 5.06 Å². The van der Waals surface area contributed by atoms with Crippen molar-refractivity contribution >= 4 is 24.0 Å². The molecule has 2 amide bonds. The van der Waals surface area contributed by atoms with Gasteiger partial charge >= 0.3 is 12.2 Å². The first-order chi connectivity index (χ1) is 18.7. The Hall–Kier alpha value is -4.40. The van der Waals surface area contributed by atoms with E-state index in [4.69, 9.17) is 20.2 Å². The quantitative estimate of drug-likeness (QED) is 0.323. The monoisotopic (exact) mass is 588 g/mol. The molecule has 230 valence electrons. The van der Waals surface area contributed by atoms with Gasteiger partial charge in [0.15, 0.2) is 0 Å². The standard InChI is InChI=1S/C17H17N3O5.C9H15N3O3.2CH4/c1-17(2,3)25-16(23)19-8-11(18-10-19)9-24-20-14(21)12-6-4-5-7-13(12)15(20)22;1-9(2,3)15-8(13)12-4-7(5-14-10)11-6-12;;/h4-8,10H,9H2,1-3H3;4,6H,5,10H2,1-3H3;2*1H4. The first-order valence-corrected chi connectivity index (χ1v) is 12.1. The van der Waals surface area contributed by atoms with E-state index >= 15 is 0 Å². The molecule has 14 heteroatoms. The predicted molar refractivity (Wildman–Crippen MR) is 152 cm³/mol. The van der Waals surface area contributed by atoms with Crippen molar-refractivity contribution in [3.8, 4) is 0 Å². The van der Waals surface area contributed by atoms with Gasteiger partial charge in [-0.1, -0.05) is 27.0 Å². The van der Waals surface area contributed by atoms with E-state index in [-0.39, 0.29) is 28.1 Å². The molecule has 0 saturated heterocycles. The summed E-state index contributed by atoms with van der Waals surface area (Å²) in [5.41, 5.74) is 0.397. The minimum Gasteiger partial charge on any atom is -0.443 e. The zero-order valence-electron chi connectivity index (χ0n) is 23.1. The summed E-state index contributed by atoms with van der Waals surface area (Å²) in [6.45, 7) is 10.7. The average molecular weight is 589 g/mol. The second-order valence-electron chi connectivity index (χ2n) is 10.5. The summed E-state index contributed by atoms with van der Waals surface area (Å²) in [4.78, 5) is 65.4. The van der Waals surface area contributed by atoms with E-state index < -0.39 is 35.2 Å². The molecule has 1 aliphatic heterocycles. The van der Waals surface area contributed by atoms with Gasteiger partial charge in [0.25, 0.3) is 11.8 Å². The van der Waals surface area contributed by atoms with Crippen molar-refractivity contribution in [2.45, 2.75) is 80.8 Å². The van der Waals surface area contributed by atoms with Crippen molar-refractivity contribution in [3.05, 3.63) is 71.8 Å². The van der Waals surface area contributed by atoms with Crippen LogP contribution in [0.25, 0.3) is 0 Å². The molecule has 14 nitrogen and oxygen atoms in total. The van der Waals surface area contributed by atoms with Crippen LogP contribution in [0.2, 0.25) is 0 Å². The number of carbonyl (C=O) groups is 4. The third-order valence-electron chi connectivity index (χ3n) is 4.81. The van der Waals surface area contributed by atoms with E-state index in [1.807, 2.05) is 0 Å². The fraction of sp³-hybridized carbons (Fsp3) is 0.429. The molecule has 0 bridgehead atoms. The molecule has 3 heterocycles. The van der Waals surface area contributed by atoms with Gasteiger partial charge in [-0.2, -0.15) is 0 Å². The molecule has 4 rings (SSSR count). The number of hydrogen-bond acceptors (Lipinski definition) is 11. The SMILES string of the molecule is C.C.CC(C)(C)OC(=O)n1cnc(CON)c1.CC(C)(C)OC(=O)n1cnc(CON2C(=O)c3ccccc3C2=O)c1. The van der Waals surface area contributed by atoms with E-state index in [1.165, 1.54) is 34.2 Å². The highest BCUT2D eigenvalue weighted by atomic mass is 16.7. The smallest absolute Gasteiger partial charge is 0.419 e. The topological polar surface area (TPSA) is 170 Å². The second-order valence-corrected chi connectivity index (χ2v) is 10.5. The molecule has 1 aromatic carbocycles. The summed E-state index contributed by atoms with van der Waals surface area (Å²) in [7, 11) is 0. The lowest BCUT2D eigenvalue weighted by Crippen LogP contribution is -2.29. The predicted octanol–water partition coefficient (Wildman–Crippen LogP) is 4.72. The number of amides is 2.